The highest BCUT2D eigenvalue weighted by Crippen LogP contribution is 2.28. The molecule has 0 heterocycles. The molecule has 0 aromatic heterocycles. The fourth-order valence-electron chi connectivity index (χ4n) is 2.10. The maximum absolute atomic E-state index is 10.8. The Morgan fingerprint density at radius 3 is 2.47 bits per heavy atom. The minimum absolute atomic E-state index is 0.136. The van der Waals surface area contributed by atoms with Crippen molar-refractivity contribution in [3.05, 3.63) is 0 Å². The number of hydrogen-bond acceptors (Lipinski definition) is 4. The number of carbonyl (C=O) groups is 1. The number of nitrogens with zero attached hydrogens (tertiary/aromatic N) is 2. The van der Waals surface area contributed by atoms with Crippen molar-refractivity contribution in [2.24, 2.45) is 0 Å². The van der Waals surface area contributed by atoms with E-state index in [-0.39, 0.29) is 6.54 Å². The minimum Gasteiger partial charge on any atom is -0.480 e. The third-order valence-corrected chi connectivity index (χ3v) is 3.16. The van der Waals surface area contributed by atoms with Crippen LogP contribution in [0.25, 0.3) is 0 Å². The molecule has 5 nitrogen and oxygen atoms in total. The molecule has 1 aliphatic rings. The summed E-state index contributed by atoms with van der Waals surface area (Å²) in [5.41, 5.74) is 0. The topological polar surface area (TPSA) is 53.0 Å². The Balaban J connectivity index is 2.34. The first-order valence-corrected chi connectivity index (χ1v) is 6.25. The van der Waals surface area contributed by atoms with E-state index in [0.717, 1.165) is 32.5 Å². The predicted molar refractivity (Wildman–Crippen MR) is 66.2 cm³/mol. The summed E-state index contributed by atoms with van der Waals surface area (Å²) in [4.78, 5) is 14.9. The van der Waals surface area contributed by atoms with Crippen LogP contribution in [0.4, 0.5) is 0 Å². The summed E-state index contributed by atoms with van der Waals surface area (Å²) in [5.74, 6) is -0.747. The summed E-state index contributed by atoms with van der Waals surface area (Å²) in [5, 5.41) is 8.90. The van der Waals surface area contributed by atoms with Crippen LogP contribution < -0.4 is 0 Å². The zero-order valence-electron chi connectivity index (χ0n) is 11.1. The minimum atomic E-state index is -0.747. The molecule has 0 aromatic rings. The van der Waals surface area contributed by atoms with Gasteiger partial charge in [-0.05, 0) is 33.9 Å². The number of carboxylic acids is 1. The molecule has 0 amide bonds. The van der Waals surface area contributed by atoms with E-state index in [9.17, 15) is 4.79 Å². The summed E-state index contributed by atoms with van der Waals surface area (Å²) >= 11 is 0. The van der Waals surface area contributed by atoms with Gasteiger partial charge in [-0.1, -0.05) is 0 Å². The molecular formula is C12H24N2O3. The van der Waals surface area contributed by atoms with E-state index >= 15 is 0 Å². The third-order valence-electron chi connectivity index (χ3n) is 3.16. The summed E-state index contributed by atoms with van der Waals surface area (Å²) in [6.07, 6.45) is 2.27. The summed E-state index contributed by atoms with van der Waals surface area (Å²) in [7, 11) is 4.01. The number of hydrogen-bond donors (Lipinski definition) is 1. The first-order chi connectivity index (χ1) is 8.02. The van der Waals surface area contributed by atoms with E-state index in [1.165, 1.54) is 0 Å². The zero-order valence-corrected chi connectivity index (χ0v) is 11.1. The lowest BCUT2D eigenvalue weighted by atomic mass is 9.87. The maximum Gasteiger partial charge on any atom is 0.317 e. The van der Waals surface area contributed by atoms with Crippen molar-refractivity contribution in [1.29, 1.82) is 0 Å². The van der Waals surface area contributed by atoms with Crippen molar-refractivity contribution >= 4 is 5.97 Å². The number of aliphatic carboxylic acids is 1. The average molecular weight is 244 g/mol. The number of rotatable bonds is 8. The second-order valence-corrected chi connectivity index (χ2v) is 4.87. The number of likely N-dealkylation sites (N-methyl/N-ethyl adjacent to an activating group) is 1. The van der Waals surface area contributed by atoms with Crippen molar-refractivity contribution in [2.75, 3.05) is 40.3 Å². The van der Waals surface area contributed by atoms with Crippen LogP contribution in [0, 0.1) is 0 Å². The van der Waals surface area contributed by atoms with Gasteiger partial charge in [0.25, 0.3) is 0 Å². The van der Waals surface area contributed by atoms with Crippen LogP contribution in [0.3, 0.4) is 0 Å². The van der Waals surface area contributed by atoms with Gasteiger partial charge in [-0.3, -0.25) is 9.69 Å². The number of carboxylic acid groups (broad SMARTS) is 1. The second kappa shape index (κ2) is 6.93. The zero-order chi connectivity index (χ0) is 12.8. The Labute approximate surface area is 103 Å². The third kappa shape index (κ3) is 5.02. The van der Waals surface area contributed by atoms with Crippen molar-refractivity contribution in [3.8, 4) is 0 Å². The van der Waals surface area contributed by atoms with E-state index in [1.54, 1.807) is 0 Å². The quantitative estimate of drug-likeness (QED) is 0.674. The standard InChI is InChI=1S/C12H24N2O3/c1-4-17-11-7-10(8-11)14(9-12(15)16)6-5-13(2)3/h10-11H,4-9H2,1-3H3,(H,15,16). The van der Waals surface area contributed by atoms with Crippen molar-refractivity contribution in [1.82, 2.24) is 9.80 Å². The molecular weight excluding hydrogens is 220 g/mol. The van der Waals surface area contributed by atoms with Gasteiger partial charge in [0.15, 0.2) is 0 Å². The molecule has 0 aliphatic heterocycles. The first-order valence-electron chi connectivity index (χ1n) is 6.25. The molecule has 0 spiro atoms. The predicted octanol–water partition coefficient (Wildman–Crippen LogP) is 0.502. The van der Waals surface area contributed by atoms with Crippen LogP contribution in [-0.4, -0.2) is 73.4 Å². The van der Waals surface area contributed by atoms with E-state index in [4.69, 9.17) is 9.84 Å². The van der Waals surface area contributed by atoms with E-state index in [2.05, 4.69) is 9.80 Å². The highest BCUT2D eigenvalue weighted by Gasteiger charge is 2.34. The summed E-state index contributed by atoms with van der Waals surface area (Å²) < 4.78 is 5.50. The van der Waals surface area contributed by atoms with Gasteiger partial charge in [0.2, 0.25) is 0 Å². The normalized spacial score (nSPS) is 24.1. The second-order valence-electron chi connectivity index (χ2n) is 4.87. The Hall–Kier alpha value is -0.650. The van der Waals surface area contributed by atoms with Crippen LogP contribution in [0.5, 0.6) is 0 Å². The fraction of sp³-hybridized carbons (Fsp3) is 0.917. The van der Waals surface area contributed by atoms with Gasteiger partial charge in [0.05, 0.1) is 12.6 Å². The van der Waals surface area contributed by atoms with E-state index < -0.39 is 5.97 Å². The molecule has 1 rings (SSSR count). The van der Waals surface area contributed by atoms with E-state index in [0.29, 0.717) is 12.1 Å². The van der Waals surface area contributed by atoms with Gasteiger partial charge in [0, 0.05) is 25.7 Å². The highest BCUT2D eigenvalue weighted by molar-refractivity contribution is 5.69. The van der Waals surface area contributed by atoms with Gasteiger partial charge in [0.1, 0.15) is 0 Å². The molecule has 0 aromatic carbocycles. The molecule has 1 N–H and O–H groups in total. The van der Waals surface area contributed by atoms with Gasteiger partial charge < -0.3 is 14.7 Å². The molecule has 0 bridgehead atoms. The molecule has 0 unspecified atom stereocenters. The molecule has 1 fully saturated rings. The molecule has 1 saturated carbocycles. The monoisotopic (exact) mass is 244 g/mol. The highest BCUT2D eigenvalue weighted by atomic mass is 16.5. The van der Waals surface area contributed by atoms with Gasteiger partial charge in [-0.2, -0.15) is 0 Å². The maximum atomic E-state index is 10.8. The van der Waals surface area contributed by atoms with Crippen LogP contribution in [-0.2, 0) is 9.53 Å². The van der Waals surface area contributed by atoms with E-state index in [1.807, 2.05) is 21.0 Å². The van der Waals surface area contributed by atoms with Crippen LogP contribution in [0.15, 0.2) is 0 Å². The Morgan fingerprint density at radius 2 is 2.00 bits per heavy atom. The molecule has 1 aliphatic carbocycles. The van der Waals surface area contributed by atoms with Crippen LogP contribution >= 0.6 is 0 Å². The largest absolute Gasteiger partial charge is 0.480 e. The van der Waals surface area contributed by atoms with Crippen LogP contribution in [0.2, 0.25) is 0 Å². The lowest BCUT2D eigenvalue weighted by Gasteiger charge is -2.42. The summed E-state index contributed by atoms with van der Waals surface area (Å²) in [6.45, 7) is 4.58. The van der Waals surface area contributed by atoms with Crippen molar-refractivity contribution in [3.63, 3.8) is 0 Å². The molecule has 0 atom stereocenters. The van der Waals surface area contributed by atoms with Crippen molar-refractivity contribution < 1.29 is 14.6 Å². The van der Waals surface area contributed by atoms with Gasteiger partial charge >= 0.3 is 5.97 Å². The Morgan fingerprint density at radius 1 is 1.35 bits per heavy atom. The lowest BCUT2D eigenvalue weighted by Crippen LogP contribution is -2.51. The SMILES string of the molecule is CCOC1CC(N(CCN(C)C)CC(=O)O)C1. The van der Waals surface area contributed by atoms with Crippen molar-refractivity contribution in [2.45, 2.75) is 31.9 Å². The Bertz CT molecular complexity index is 240. The lowest BCUT2D eigenvalue weighted by molar-refractivity contribution is -0.140. The molecule has 17 heavy (non-hydrogen) atoms. The van der Waals surface area contributed by atoms with Gasteiger partial charge in [-0.25, -0.2) is 0 Å². The van der Waals surface area contributed by atoms with Gasteiger partial charge in [-0.15, -0.1) is 0 Å². The smallest absolute Gasteiger partial charge is 0.317 e. The Kier molecular flexibility index (Phi) is 5.88. The molecule has 0 saturated heterocycles. The fourth-order valence-corrected chi connectivity index (χ4v) is 2.10. The molecule has 5 heteroatoms. The van der Waals surface area contributed by atoms with Crippen LogP contribution in [0.1, 0.15) is 19.8 Å². The first kappa shape index (κ1) is 14.4. The summed E-state index contributed by atoms with van der Waals surface area (Å²) in [6, 6.07) is 0.377. The molecule has 100 valence electrons. The number of ether oxygens (including phenoxy) is 1. The average Bonchev–Trinajstić information content (AvgIpc) is 2.17. The molecule has 0 radical (unpaired) electrons.